The van der Waals surface area contributed by atoms with Gasteiger partial charge < -0.3 is 5.43 Å². The van der Waals surface area contributed by atoms with Gasteiger partial charge in [0, 0.05) is 12.1 Å². The summed E-state index contributed by atoms with van der Waals surface area (Å²) >= 11 is 0. The molecule has 0 radical (unpaired) electrons. The van der Waals surface area contributed by atoms with Crippen LogP contribution in [0.4, 0.5) is 0 Å². The summed E-state index contributed by atoms with van der Waals surface area (Å²) in [6, 6.07) is 8.85. The molecule has 2 heteroatoms. The molecule has 2 N–H and O–H groups in total. The Labute approximate surface area is 95.3 Å². The Balaban J connectivity index is 2.11. The average Bonchev–Trinajstić information content (AvgIpc) is 2.33. The van der Waals surface area contributed by atoms with Gasteiger partial charge in [0.25, 0.3) is 0 Å². The van der Waals surface area contributed by atoms with Crippen LogP contribution in [0.3, 0.4) is 0 Å². The van der Waals surface area contributed by atoms with Crippen molar-refractivity contribution in [3.63, 3.8) is 0 Å². The number of nitrogens with one attached hydrogen (secondary N) is 2. The molecule has 2 atom stereocenters. The number of hydrogen-bond acceptors (Lipinski definition) is 2. The van der Waals surface area contributed by atoms with Crippen molar-refractivity contribution >= 4 is 6.08 Å². The molecular formula is C14H14N2. The average molecular weight is 210 g/mol. The summed E-state index contributed by atoms with van der Waals surface area (Å²) in [7, 11) is 0. The monoisotopic (exact) mass is 210 g/mol. The highest BCUT2D eigenvalue weighted by Crippen LogP contribution is 2.29. The van der Waals surface area contributed by atoms with Crippen molar-refractivity contribution in [2.45, 2.75) is 12.0 Å². The first-order chi connectivity index (χ1) is 7.95. The van der Waals surface area contributed by atoms with Crippen LogP contribution in [-0.4, -0.2) is 6.04 Å². The fourth-order valence-electron chi connectivity index (χ4n) is 2.28. The molecule has 0 saturated heterocycles. The fraction of sp³-hybridized carbons (Fsp3) is 0.143. The van der Waals surface area contributed by atoms with E-state index < -0.39 is 0 Å². The number of allylic oxidation sites excluding steroid dienone is 2. The van der Waals surface area contributed by atoms with E-state index in [-0.39, 0.29) is 0 Å². The van der Waals surface area contributed by atoms with Gasteiger partial charge in [-0.2, -0.15) is 0 Å². The second kappa shape index (κ2) is 3.99. The molecule has 1 aliphatic heterocycles. The molecule has 0 saturated carbocycles. The van der Waals surface area contributed by atoms with E-state index >= 15 is 0 Å². The molecule has 1 aromatic carbocycles. The van der Waals surface area contributed by atoms with Crippen molar-refractivity contribution in [2.75, 3.05) is 0 Å². The Morgan fingerprint density at radius 2 is 1.88 bits per heavy atom. The van der Waals surface area contributed by atoms with Gasteiger partial charge in [-0.1, -0.05) is 48.6 Å². The van der Waals surface area contributed by atoms with Gasteiger partial charge in [0.2, 0.25) is 0 Å². The molecule has 1 heterocycles. The molecule has 3 rings (SSSR count). The quantitative estimate of drug-likeness (QED) is 0.687. The van der Waals surface area contributed by atoms with Crippen molar-refractivity contribution in [3.05, 3.63) is 65.9 Å². The summed E-state index contributed by atoms with van der Waals surface area (Å²) in [5, 5.41) is 0. The van der Waals surface area contributed by atoms with Crippen LogP contribution in [0.5, 0.6) is 0 Å². The Bertz CT molecular complexity index is 471. The maximum atomic E-state index is 3.29. The molecule has 80 valence electrons. The molecule has 2 unspecified atom stereocenters. The van der Waals surface area contributed by atoms with Gasteiger partial charge >= 0.3 is 0 Å². The van der Waals surface area contributed by atoms with Crippen molar-refractivity contribution in [3.8, 4) is 0 Å². The SMILES string of the molecule is C1=CC2NN/C=C\c3ccccc3C2C=C1. The van der Waals surface area contributed by atoms with Gasteiger partial charge in [-0.05, 0) is 17.2 Å². The molecule has 2 aliphatic rings. The van der Waals surface area contributed by atoms with Crippen LogP contribution >= 0.6 is 0 Å². The van der Waals surface area contributed by atoms with Gasteiger partial charge in [-0.15, -0.1) is 0 Å². The van der Waals surface area contributed by atoms with Crippen LogP contribution in [0, 0.1) is 0 Å². The highest BCUT2D eigenvalue weighted by atomic mass is 15.4. The van der Waals surface area contributed by atoms with Crippen LogP contribution in [0.25, 0.3) is 6.08 Å². The highest BCUT2D eigenvalue weighted by molar-refractivity contribution is 5.56. The Hall–Kier alpha value is -1.80. The van der Waals surface area contributed by atoms with Crippen molar-refractivity contribution in [1.82, 2.24) is 10.9 Å². The second-order valence-corrected chi connectivity index (χ2v) is 4.07. The van der Waals surface area contributed by atoms with Crippen molar-refractivity contribution in [1.29, 1.82) is 0 Å². The molecule has 1 aromatic rings. The number of fused-ring (bicyclic) bond motifs is 3. The van der Waals surface area contributed by atoms with E-state index in [1.807, 2.05) is 6.20 Å². The number of hydrogen-bond donors (Lipinski definition) is 2. The molecule has 1 aliphatic carbocycles. The standard InChI is InChI=1S/C14H14N2/c1-2-6-12-11(5-1)9-10-15-16-14-8-4-3-7-13(12)14/h1-10,13-16H/b10-9-. The Morgan fingerprint density at radius 1 is 1.00 bits per heavy atom. The maximum absolute atomic E-state index is 3.29. The minimum absolute atomic E-state index is 0.316. The Kier molecular flexibility index (Phi) is 2.35. The van der Waals surface area contributed by atoms with Crippen LogP contribution < -0.4 is 10.9 Å². The molecule has 2 nitrogen and oxygen atoms in total. The first-order valence-corrected chi connectivity index (χ1v) is 5.57. The van der Waals surface area contributed by atoms with E-state index in [1.165, 1.54) is 11.1 Å². The third kappa shape index (κ3) is 1.57. The summed E-state index contributed by atoms with van der Waals surface area (Å²) in [5.41, 5.74) is 9.06. The molecule has 0 aromatic heterocycles. The van der Waals surface area contributed by atoms with E-state index in [9.17, 15) is 0 Å². The maximum Gasteiger partial charge on any atom is 0.0546 e. The van der Waals surface area contributed by atoms with E-state index in [0.717, 1.165) is 0 Å². The van der Waals surface area contributed by atoms with Gasteiger partial charge in [-0.3, -0.25) is 0 Å². The van der Waals surface area contributed by atoms with Crippen LogP contribution in [0.15, 0.2) is 54.8 Å². The Morgan fingerprint density at radius 3 is 2.88 bits per heavy atom. The molecule has 16 heavy (non-hydrogen) atoms. The van der Waals surface area contributed by atoms with Gasteiger partial charge in [-0.25, -0.2) is 5.43 Å². The second-order valence-electron chi connectivity index (χ2n) is 4.07. The van der Waals surface area contributed by atoms with E-state index in [2.05, 4.69) is 65.5 Å². The zero-order valence-electron chi connectivity index (χ0n) is 8.93. The van der Waals surface area contributed by atoms with Crippen LogP contribution in [0.1, 0.15) is 17.0 Å². The minimum atomic E-state index is 0.316. The minimum Gasteiger partial charge on any atom is -0.328 e. The number of benzene rings is 1. The molecule has 0 fully saturated rings. The third-order valence-electron chi connectivity index (χ3n) is 3.09. The smallest absolute Gasteiger partial charge is 0.0546 e. The van der Waals surface area contributed by atoms with Gasteiger partial charge in [0.05, 0.1) is 6.04 Å². The predicted octanol–water partition coefficient (Wildman–Crippen LogP) is 2.34. The summed E-state index contributed by atoms with van der Waals surface area (Å²) in [5.74, 6) is 0.402. The topological polar surface area (TPSA) is 24.1 Å². The predicted molar refractivity (Wildman–Crippen MR) is 66.6 cm³/mol. The van der Waals surface area contributed by atoms with E-state index in [0.29, 0.717) is 12.0 Å². The normalized spacial score (nSPS) is 28.2. The summed E-state index contributed by atoms with van der Waals surface area (Å²) < 4.78 is 0. The molecular weight excluding hydrogens is 196 g/mol. The van der Waals surface area contributed by atoms with E-state index in [4.69, 9.17) is 0 Å². The zero-order chi connectivity index (χ0) is 10.8. The van der Waals surface area contributed by atoms with Crippen molar-refractivity contribution < 1.29 is 0 Å². The number of rotatable bonds is 0. The van der Waals surface area contributed by atoms with Crippen LogP contribution in [-0.2, 0) is 0 Å². The largest absolute Gasteiger partial charge is 0.328 e. The lowest BCUT2D eigenvalue weighted by atomic mass is 9.85. The third-order valence-corrected chi connectivity index (χ3v) is 3.09. The first kappa shape index (κ1) is 9.43. The lowest BCUT2D eigenvalue weighted by Gasteiger charge is -2.28. The lowest BCUT2D eigenvalue weighted by molar-refractivity contribution is 0.504. The van der Waals surface area contributed by atoms with Gasteiger partial charge in [0.15, 0.2) is 0 Å². The van der Waals surface area contributed by atoms with Crippen molar-refractivity contribution in [2.24, 2.45) is 0 Å². The van der Waals surface area contributed by atoms with Gasteiger partial charge in [0.1, 0.15) is 0 Å². The summed E-state index contributed by atoms with van der Waals surface area (Å²) in [4.78, 5) is 0. The molecule has 0 amide bonds. The lowest BCUT2D eigenvalue weighted by Crippen LogP contribution is -2.41. The first-order valence-electron chi connectivity index (χ1n) is 5.57. The molecule has 0 spiro atoms. The van der Waals surface area contributed by atoms with Crippen LogP contribution in [0.2, 0.25) is 0 Å². The zero-order valence-corrected chi connectivity index (χ0v) is 8.93. The number of hydrazine groups is 1. The fourth-order valence-corrected chi connectivity index (χ4v) is 2.28. The highest BCUT2D eigenvalue weighted by Gasteiger charge is 2.22. The summed E-state index contributed by atoms with van der Waals surface area (Å²) in [6.45, 7) is 0. The molecule has 0 bridgehead atoms. The van der Waals surface area contributed by atoms with E-state index in [1.54, 1.807) is 0 Å². The summed E-state index contributed by atoms with van der Waals surface area (Å²) in [6.07, 6.45) is 12.7.